The van der Waals surface area contributed by atoms with E-state index in [2.05, 4.69) is 83.1 Å². The minimum atomic E-state index is -2.59. The van der Waals surface area contributed by atoms with Crippen molar-refractivity contribution >= 4 is 28.6 Å². The van der Waals surface area contributed by atoms with Crippen LogP contribution in [0.25, 0.3) is 0 Å². The average Bonchev–Trinajstić information content (AvgIpc) is 2.35. The van der Waals surface area contributed by atoms with Gasteiger partial charge >= 0.3 is 0 Å². The Morgan fingerprint density at radius 3 is 0.821 bits per heavy atom. The lowest BCUT2D eigenvalue weighted by molar-refractivity contribution is -0.134. The lowest BCUT2D eigenvalue weighted by atomic mass is 10.2. The summed E-state index contributed by atoms with van der Waals surface area (Å²) >= 11 is 0. The molecule has 0 heterocycles. The van der Waals surface area contributed by atoms with Gasteiger partial charge in [0.05, 0.1) is 0 Å². The maximum Gasteiger partial charge on any atom is 0.289 e. The van der Waals surface area contributed by atoms with E-state index < -0.39 is 16.6 Å². The summed E-state index contributed by atoms with van der Waals surface area (Å²) in [5, 5.41) is -0.543. The topological polar surface area (TPSA) is 52.6 Å². The summed E-state index contributed by atoms with van der Waals surface area (Å²) < 4.78 is 12.5. The molecule has 0 unspecified atom stereocenters. The standard InChI is InChI=1S/C22H46O4Si2/c1-17(23)25-27(19(3,4)5,20(6,7)8)15-16-28(21(9,10)11,22(12,13)14)26-18(2)24/h15-16H2,1-14H3. The third-order valence-electron chi connectivity index (χ3n) is 6.31. The Bertz CT molecular complexity index is 489. The van der Waals surface area contributed by atoms with E-state index in [9.17, 15) is 9.59 Å². The van der Waals surface area contributed by atoms with E-state index in [0.29, 0.717) is 0 Å². The zero-order chi connectivity index (χ0) is 23.0. The smallest absolute Gasteiger partial charge is 0.289 e. The molecule has 166 valence electrons. The lowest BCUT2D eigenvalue weighted by Crippen LogP contribution is -2.60. The molecule has 0 N–H and O–H groups in total. The van der Waals surface area contributed by atoms with Gasteiger partial charge in [-0.15, -0.1) is 0 Å². The highest BCUT2D eigenvalue weighted by molar-refractivity contribution is 6.85. The Hall–Kier alpha value is -0.626. The molecule has 0 aliphatic heterocycles. The minimum Gasteiger partial charge on any atom is -0.518 e. The van der Waals surface area contributed by atoms with Gasteiger partial charge in [-0.05, 0) is 32.2 Å². The van der Waals surface area contributed by atoms with Gasteiger partial charge in [-0.3, -0.25) is 9.59 Å². The maximum absolute atomic E-state index is 12.2. The van der Waals surface area contributed by atoms with Gasteiger partial charge in [-0.1, -0.05) is 83.1 Å². The molecule has 0 radical (unpaired) electrons. The van der Waals surface area contributed by atoms with Gasteiger partial charge in [0.15, 0.2) is 0 Å². The van der Waals surface area contributed by atoms with Crippen molar-refractivity contribution in [1.82, 2.24) is 0 Å². The summed E-state index contributed by atoms with van der Waals surface area (Å²) in [7, 11) is -5.17. The normalized spacial score (nSPS) is 14.6. The predicted octanol–water partition coefficient (Wildman–Crippen LogP) is 7.20. The molecule has 0 aromatic heterocycles. The Morgan fingerprint density at radius 2 is 0.714 bits per heavy atom. The largest absolute Gasteiger partial charge is 0.518 e. The molecule has 0 saturated heterocycles. The number of carbonyl (C=O) groups is 2. The number of hydrogen-bond acceptors (Lipinski definition) is 4. The second-order valence-corrected chi connectivity index (χ2v) is 23.1. The number of carbonyl (C=O) groups excluding carboxylic acids is 2. The molecule has 6 heteroatoms. The molecule has 0 spiro atoms. The first-order chi connectivity index (χ1) is 12.0. The van der Waals surface area contributed by atoms with Crippen molar-refractivity contribution in [2.45, 2.75) is 129 Å². The van der Waals surface area contributed by atoms with Crippen LogP contribution in [0.3, 0.4) is 0 Å². The van der Waals surface area contributed by atoms with Crippen LogP contribution < -0.4 is 0 Å². The fourth-order valence-electron chi connectivity index (χ4n) is 5.31. The molecule has 0 saturated carbocycles. The van der Waals surface area contributed by atoms with E-state index in [1.54, 1.807) is 0 Å². The highest BCUT2D eigenvalue weighted by atomic mass is 28.4. The van der Waals surface area contributed by atoms with E-state index in [1.807, 2.05) is 0 Å². The summed E-state index contributed by atoms with van der Waals surface area (Å²) in [5.74, 6) is -0.412. The van der Waals surface area contributed by atoms with Crippen LogP contribution in [0.1, 0.15) is 96.9 Å². The van der Waals surface area contributed by atoms with Crippen molar-refractivity contribution in [1.29, 1.82) is 0 Å². The molecule has 0 fully saturated rings. The van der Waals surface area contributed by atoms with E-state index in [4.69, 9.17) is 8.85 Å². The Balaban J connectivity index is 6.58. The average molecular weight is 431 g/mol. The third-order valence-corrected chi connectivity index (χ3v) is 19.7. The van der Waals surface area contributed by atoms with Crippen LogP contribution >= 0.6 is 0 Å². The van der Waals surface area contributed by atoms with E-state index in [1.165, 1.54) is 13.8 Å². The fraction of sp³-hybridized carbons (Fsp3) is 0.909. The summed E-state index contributed by atoms with van der Waals surface area (Å²) in [6, 6.07) is 1.60. The highest BCUT2D eigenvalue weighted by Crippen LogP contribution is 2.59. The number of rotatable bonds is 5. The van der Waals surface area contributed by atoms with Gasteiger partial charge in [0.25, 0.3) is 28.6 Å². The number of hydrogen-bond donors (Lipinski definition) is 0. The second kappa shape index (κ2) is 8.25. The molecule has 0 rings (SSSR count). The Morgan fingerprint density at radius 1 is 0.536 bits per heavy atom. The van der Waals surface area contributed by atoms with Crippen LogP contribution in [-0.4, -0.2) is 28.6 Å². The highest BCUT2D eigenvalue weighted by Gasteiger charge is 2.62. The molecule has 0 aromatic rings. The third kappa shape index (κ3) is 5.50. The van der Waals surface area contributed by atoms with E-state index in [0.717, 1.165) is 12.1 Å². The summed E-state index contributed by atoms with van der Waals surface area (Å²) in [5.41, 5.74) is 0. The summed E-state index contributed by atoms with van der Waals surface area (Å²) in [6.07, 6.45) is 0. The monoisotopic (exact) mass is 430 g/mol. The lowest BCUT2D eigenvalue weighted by Gasteiger charge is -2.54. The predicted molar refractivity (Wildman–Crippen MR) is 124 cm³/mol. The summed E-state index contributed by atoms with van der Waals surface area (Å²) in [4.78, 5) is 24.4. The molecule has 0 aliphatic carbocycles. The van der Waals surface area contributed by atoms with Gasteiger partial charge in [-0.25, -0.2) is 0 Å². The Labute approximate surface area is 176 Å². The molecule has 0 atom stereocenters. The molecule has 0 amide bonds. The van der Waals surface area contributed by atoms with Crippen LogP contribution in [0, 0.1) is 0 Å². The molecule has 0 aromatic carbocycles. The van der Waals surface area contributed by atoms with Crippen LogP contribution in [0.2, 0.25) is 32.2 Å². The molecule has 28 heavy (non-hydrogen) atoms. The van der Waals surface area contributed by atoms with Gasteiger partial charge in [0.1, 0.15) is 0 Å². The first kappa shape index (κ1) is 27.4. The van der Waals surface area contributed by atoms with Crippen molar-refractivity contribution in [3.63, 3.8) is 0 Å². The van der Waals surface area contributed by atoms with E-state index in [-0.39, 0.29) is 32.1 Å². The van der Waals surface area contributed by atoms with Gasteiger partial charge < -0.3 is 8.85 Å². The zero-order valence-electron chi connectivity index (χ0n) is 21.0. The van der Waals surface area contributed by atoms with E-state index >= 15 is 0 Å². The quantitative estimate of drug-likeness (QED) is 0.432. The van der Waals surface area contributed by atoms with Crippen molar-refractivity contribution < 1.29 is 18.4 Å². The molecule has 4 nitrogen and oxygen atoms in total. The molecule has 0 aliphatic rings. The van der Waals surface area contributed by atoms with Gasteiger partial charge in [0.2, 0.25) is 0 Å². The van der Waals surface area contributed by atoms with Crippen LogP contribution in [-0.2, 0) is 18.4 Å². The first-order valence-electron chi connectivity index (χ1n) is 10.4. The molecular weight excluding hydrogens is 384 g/mol. The van der Waals surface area contributed by atoms with Crippen LogP contribution in [0.15, 0.2) is 0 Å². The van der Waals surface area contributed by atoms with Crippen molar-refractivity contribution in [3.8, 4) is 0 Å². The Kier molecular flexibility index (Phi) is 8.06. The van der Waals surface area contributed by atoms with Crippen LogP contribution in [0.5, 0.6) is 0 Å². The van der Waals surface area contributed by atoms with Crippen molar-refractivity contribution in [2.75, 3.05) is 0 Å². The van der Waals surface area contributed by atoms with Crippen molar-refractivity contribution in [3.05, 3.63) is 0 Å². The van der Waals surface area contributed by atoms with Gasteiger partial charge in [-0.2, -0.15) is 0 Å². The fourth-order valence-corrected chi connectivity index (χ4v) is 18.0. The zero-order valence-corrected chi connectivity index (χ0v) is 23.0. The minimum absolute atomic E-state index is 0.136. The van der Waals surface area contributed by atoms with Crippen LogP contribution in [0.4, 0.5) is 0 Å². The second-order valence-electron chi connectivity index (χ2n) is 12.3. The SMILES string of the molecule is CC(=O)O[Si](CC[Si](OC(C)=O)(C(C)(C)C)C(C)(C)C)(C(C)(C)C)C(C)(C)C. The summed E-state index contributed by atoms with van der Waals surface area (Å²) in [6.45, 7) is 29.3. The van der Waals surface area contributed by atoms with Crippen molar-refractivity contribution in [2.24, 2.45) is 0 Å². The maximum atomic E-state index is 12.2. The molecule has 0 bridgehead atoms. The first-order valence-corrected chi connectivity index (χ1v) is 14.7. The molecular formula is C22H46O4Si2. The van der Waals surface area contributed by atoms with Gasteiger partial charge in [0, 0.05) is 13.8 Å².